The van der Waals surface area contributed by atoms with Crippen molar-refractivity contribution in [2.75, 3.05) is 6.61 Å². The van der Waals surface area contributed by atoms with Crippen molar-refractivity contribution in [1.29, 1.82) is 0 Å². The summed E-state index contributed by atoms with van der Waals surface area (Å²) < 4.78 is 30.3. The molecule has 1 saturated heterocycles. The number of carbonyl (C=O) groups is 2. The van der Waals surface area contributed by atoms with Crippen LogP contribution in [0.1, 0.15) is 18.1 Å². The van der Waals surface area contributed by atoms with E-state index in [0.29, 0.717) is 0 Å². The van der Waals surface area contributed by atoms with Crippen molar-refractivity contribution in [1.82, 2.24) is 0 Å². The summed E-state index contributed by atoms with van der Waals surface area (Å²) in [5, 5.41) is 9.87. The molecule has 0 saturated carbocycles. The Bertz CT molecular complexity index is 939. The fourth-order valence-corrected chi connectivity index (χ4v) is 3.03. The molecule has 1 aliphatic heterocycles. The highest BCUT2D eigenvalue weighted by atomic mass is 19.1. The van der Waals surface area contributed by atoms with Gasteiger partial charge in [0.1, 0.15) is 12.7 Å². The molecular formula is C24H23FO6. The van der Waals surface area contributed by atoms with Gasteiger partial charge in [0.25, 0.3) is 0 Å². The monoisotopic (exact) mass is 426 g/mol. The second-order valence-corrected chi connectivity index (χ2v) is 7.15. The lowest BCUT2D eigenvalue weighted by Gasteiger charge is -2.24. The SMILES string of the molecule is C[C@]1(F)C(O)O[C@H](COC(=O)/C=C/c2ccccc2)[C@H]1OC(=O)/C=C/c1ccccc1. The number of rotatable bonds is 7. The summed E-state index contributed by atoms with van der Waals surface area (Å²) in [6.07, 6.45) is 1.02. The topological polar surface area (TPSA) is 82.1 Å². The summed E-state index contributed by atoms with van der Waals surface area (Å²) in [6, 6.07) is 18.2. The van der Waals surface area contributed by atoms with E-state index in [1.54, 1.807) is 30.3 Å². The molecule has 1 N–H and O–H groups in total. The molecule has 4 atom stereocenters. The Morgan fingerprint density at radius 1 is 1.00 bits per heavy atom. The first-order chi connectivity index (χ1) is 14.9. The van der Waals surface area contributed by atoms with Crippen molar-refractivity contribution < 1.29 is 33.3 Å². The lowest BCUT2D eigenvalue weighted by molar-refractivity contribution is -0.156. The maximum absolute atomic E-state index is 14.9. The van der Waals surface area contributed by atoms with Gasteiger partial charge in [0.05, 0.1) is 0 Å². The molecule has 0 spiro atoms. The zero-order chi connectivity index (χ0) is 22.3. The van der Waals surface area contributed by atoms with Crippen LogP contribution in [0.25, 0.3) is 12.2 Å². The number of ether oxygens (including phenoxy) is 3. The first-order valence-corrected chi connectivity index (χ1v) is 9.72. The van der Waals surface area contributed by atoms with Crippen LogP contribution in [0.2, 0.25) is 0 Å². The maximum Gasteiger partial charge on any atom is 0.331 e. The van der Waals surface area contributed by atoms with Crippen LogP contribution in [0.15, 0.2) is 72.8 Å². The summed E-state index contributed by atoms with van der Waals surface area (Å²) in [6.45, 7) is 0.669. The summed E-state index contributed by atoms with van der Waals surface area (Å²) >= 11 is 0. The molecule has 0 radical (unpaired) electrons. The Labute approximate surface area is 179 Å². The van der Waals surface area contributed by atoms with Gasteiger partial charge in [-0.05, 0) is 30.2 Å². The second-order valence-electron chi connectivity index (χ2n) is 7.15. The van der Waals surface area contributed by atoms with Crippen LogP contribution >= 0.6 is 0 Å². The van der Waals surface area contributed by atoms with Crippen molar-refractivity contribution >= 4 is 24.1 Å². The number of hydrogen-bond acceptors (Lipinski definition) is 6. The molecule has 1 unspecified atom stereocenters. The number of benzene rings is 2. The molecule has 0 aromatic heterocycles. The zero-order valence-electron chi connectivity index (χ0n) is 16.9. The van der Waals surface area contributed by atoms with Crippen LogP contribution in [-0.2, 0) is 23.8 Å². The van der Waals surface area contributed by atoms with E-state index >= 15 is 0 Å². The average Bonchev–Trinajstić information content (AvgIpc) is 2.99. The van der Waals surface area contributed by atoms with E-state index in [1.807, 2.05) is 36.4 Å². The van der Waals surface area contributed by atoms with E-state index in [0.717, 1.165) is 24.1 Å². The molecule has 6 nitrogen and oxygen atoms in total. The number of alkyl halides is 1. The lowest BCUT2D eigenvalue weighted by atomic mass is 9.99. The van der Waals surface area contributed by atoms with Gasteiger partial charge in [-0.1, -0.05) is 60.7 Å². The molecule has 3 rings (SSSR count). The number of carbonyl (C=O) groups excluding carboxylic acids is 2. The fourth-order valence-electron chi connectivity index (χ4n) is 3.03. The predicted molar refractivity (Wildman–Crippen MR) is 112 cm³/mol. The number of halogens is 1. The van der Waals surface area contributed by atoms with Crippen molar-refractivity contribution in [2.45, 2.75) is 31.1 Å². The van der Waals surface area contributed by atoms with E-state index in [4.69, 9.17) is 14.2 Å². The summed E-state index contributed by atoms with van der Waals surface area (Å²) in [4.78, 5) is 24.1. The quantitative estimate of drug-likeness (QED) is 0.540. The highest BCUT2D eigenvalue weighted by Crippen LogP contribution is 2.35. The third-order valence-corrected chi connectivity index (χ3v) is 4.74. The van der Waals surface area contributed by atoms with Crippen LogP contribution in [0.4, 0.5) is 4.39 Å². The van der Waals surface area contributed by atoms with Crippen molar-refractivity contribution in [3.8, 4) is 0 Å². The molecule has 1 fully saturated rings. The first-order valence-electron chi connectivity index (χ1n) is 9.72. The Morgan fingerprint density at radius 3 is 2.06 bits per heavy atom. The van der Waals surface area contributed by atoms with Gasteiger partial charge in [0.15, 0.2) is 18.1 Å². The van der Waals surface area contributed by atoms with E-state index in [9.17, 15) is 19.1 Å². The third kappa shape index (κ3) is 6.10. The van der Waals surface area contributed by atoms with E-state index in [2.05, 4.69) is 0 Å². The molecular weight excluding hydrogens is 403 g/mol. The molecule has 31 heavy (non-hydrogen) atoms. The van der Waals surface area contributed by atoms with E-state index in [-0.39, 0.29) is 0 Å². The smallest absolute Gasteiger partial charge is 0.331 e. The molecule has 0 aliphatic carbocycles. The summed E-state index contributed by atoms with van der Waals surface area (Å²) in [5.74, 6) is -1.49. The zero-order valence-corrected chi connectivity index (χ0v) is 16.9. The second kappa shape index (κ2) is 10.1. The normalized spacial score (nSPS) is 25.7. The third-order valence-electron chi connectivity index (χ3n) is 4.74. The minimum atomic E-state index is -2.37. The Hall–Kier alpha value is -3.29. The number of esters is 2. The van der Waals surface area contributed by atoms with Gasteiger partial charge in [-0.25, -0.2) is 14.0 Å². The average molecular weight is 426 g/mol. The van der Waals surface area contributed by atoms with Gasteiger partial charge in [-0.2, -0.15) is 0 Å². The van der Waals surface area contributed by atoms with Crippen LogP contribution in [0, 0.1) is 0 Å². The minimum absolute atomic E-state index is 0.394. The lowest BCUT2D eigenvalue weighted by Crippen LogP contribution is -2.45. The molecule has 0 bridgehead atoms. The molecule has 1 heterocycles. The molecule has 0 amide bonds. The van der Waals surface area contributed by atoms with Gasteiger partial charge < -0.3 is 19.3 Å². The van der Waals surface area contributed by atoms with Gasteiger partial charge in [-0.3, -0.25) is 0 Å². The van der Waals surface area contributed by atoms with E-state index in [1.165, 1.54) is 12.2 Å². The standard InChI is InChI=1S/C24H23FO6/c1-24(25)22(31-21(27)15-13-18-10-6-3-7-11-18)19(30-23(24)28)16-29-20(26)14-12-17-8-4-2-5-9-17/h2-15,19,22-23,28H,16H2,1H3/b14-12+,15-13+/t19-,22-,23?,24-/m1/s1. The maximum atomic E-state index is 14.9. The molecule has 2 aromatic carbocycles. The van der Waals surface area contributed by atoms with Gasteiger partial charge >= 0.3 is 11.9 Å². The highest BCUT2D eigenvalue weighted by Gasteiger charge is 2.56. The number of aliphatic hydroxyl groups excluding tert-OH is 1. The predicted octanol–water partition coefficient (Wildman–Crippen LogP) is 3.31. The highest BCUT2D eigenvalue weighted by molar-refractivity contribution is 5.87. The van der Waals surface area contributed by atoms with Gasteiger partial charge in [0.2, 0.25) is 0 Å². The van der Waals surface area contributed by atoms with Crippen LogP contribution in [-0.4, -0.2) is 47.8 Å². The van der Waals surface area contributed by atoms with Crippen molar-refractivity contribution in [3.05, 3.63) is 83.9 Å². The number of hydrogen-bond donors (Lipinski definition) is 1. The molecule has 162 valence electrons. The number of aliphatic hydroxyl groups is 1. The van der Waals surface area contributed by atoms with Crippen LogP contribution in [0.5, 0.6) is 0 Å². The summed E-state index contributed by atoms with van der Waals surface area (Å²) in [5.41, 5.74) is -0.797. The van der Waals surface area contributed by atoms with Crippen molar-refractivity contribution in [2.24, 2.45) is 0 Å². The fraction of sp³-hybridized carbons (Fsp3) is 0.250. The van der Waals surface area contributed by atoms with Gasteiger partial charge in [-0.15, -0.1) is 0 Å². The molecule has 1 aliphatic rings. The summed E-state index contributed by atoms with van der Waals surface area (Å²) in [7, 11) is 0. The van der Waals surface area contributed by atoms with E-state index < -0.39 is 42.7 Å². The molecule has 7 heteroatoms. The Morgan fingerprint density at radius 2 is 1.52 bits per heavy atom. The Kier molecular flexibility index (Phi) is 7.33. The van der Waals surface area contributed by atoms with Crippen molar-refractivity contribution in [3.63, 3.8) is 0 Å². The minimum Gasteiger partial charge on any atom is -0.460 e. The first kappa shape index (κ1) is 22.4. The Balaban J connectivity index is 1.59. The van der Waals surface area contributed by atoms with Crippen LogP contribution < -0.4 is 0 Å². The largest absolute Gasteiger partial charge is 0.460 e. The molecule has 2 aromatic rings. The van der Waals surface area contributed by atoms with Gasteiger partial charge in [0, 0.05) is 12.2 Å². The van der Waals surface area contributed by atoms with Crippen LogP contribution in [0.3, 0.4) is 0 Å².